The molecule has 1 fully saturated rings. The number of ether oxygens (including phenoxy) is 1. The highest BCUT2D eigenvalue weighted by atomic mass is 32.1. The molecule has 0 bridgehead atoms. The summed E-state index contributed by atoms with van der Waals surface area (Å²) in [4.78, 5) is 0. The van der Waals surface area contributed by atoms with Gasteiger partial charge in [-0.05, 0) is 45.3 Å². The molecule has 1 aromatic heterocycles. The largest absolute Gasteiger partial charge is 0.494 e. The maximum Gasteiger partial charge on any atom is 0.494 e. The molecule has 0 radical (unpaired) electrons. The molecule has 8 heteroatoms. The molecule has 0 spiro atoms. The first-order valence-corrected chi connectivity index (χ1v) is 8.71. The fourth-order valence-electron chi connectivity index (χ4n) is 2.43. The molecular weight excluding hydrogens is 337 g/mol. The van der Waals surface area contributed by atoms with Crippen molar-refractivity contribution in [1.82, 2.24) is 15.0 Å². The van der Waals surface area contributed by atoms with Gasteiger partial charge in [0.2, 0.25) is 0 Å². The maximum absolute atomic E-state index is 6.05. The zero-order chi connectivity index (χ0) is 18.1. The number of hydrogen-bond donors (Lipinski definition) is 0. The van der Waals surface area contributed by atoms with Gasteiger partial charge in [0.05, 0.1) is 23.9 Å². The lowest BCUT2D eigenvalue weighted by Gasteiger charge is -2.32. The van der Waals surface area contributed by atoms with Gasteiger partial charge < -0.3 is 14.0 Å². The van der Waals surface area contributed by atoms with Crippen LogP contribution in [0, 0.1) is 0 Å². The molecule has 3 rings (SSSR count). The third kappa shape index (κ3) is 3.91. The van der Waals surface area contributed by atoms with E-state index in [0.717, 1.165) is 11.2 Å². The second-order valence-electron chi connectivity index (χ2n) is 7.03. The van der Waals surface area contributed by atoms with Crippen LogP contribution in [0.25, 0.3) is 0 Å². The van der Waals surface area contributed by atoms with Gasteiger partial charge in [0.25, 0.3) is 0 Å². The average Bonchev–Trinajstić information content (AvgIpc) is 3.10. The van der Waals surface area contributed by atoms with Crippen LogP contribution in [0.2, 0.25) is 0 Å². The monoisotopic (exact) mass is 359 g/mol. The summed E-state index contributed by atoms with van der Waals surface area (Å²) >= 11 is 4.81. The van der Waals surface area contributed by atoms with E-state index in [9.17, 15) is 0 Å². The van der Waals surface area contributed by atoms with Crippen LogP contribution in [0.1, 0.15) is 33.4 Å². The Hall–Kier alpha value is -1.77. The summed E-state index contributed by atoms with van der Waals surface area (Å²) in [5.74, 6) is 0.787. The minimum atomic E-state index is -0.359. The minimum absolute atomic E-state index is 0.341. The predicted octanol–water partition coefficient (Wildman–Crippen LogP) is 2.00. The first kappa shape index (κ1) is 18.0. The zero-order valence-electron chi connectivity index (χ0n) is 14.9. The van der Waals surface area contributed by atoms with Crippen molar-refractivity contribution in [3.63, 3.8) is 0 Å². The second kappa shape index (κ2) is 6.86. The van der Waals surface area contributed by atoms with Crippen LogP contribution in [0.5, 0.6) is 5.75 Å². The Morgan fingerprint density at radius 3 is 2.36 bits per heavy atom. The van der Waals surface area contributed by atoms with Crippen LogP contribution < -0.4 is 10.2 Å². The lowest BCUT2D eigenvalue weighted by molar-refractivity contribution is 0.00578. The number of rotatable bonds is 6. The molecule has 0 N–H and O–H groups in total. The molecular formula is C17H22BN3O3S. The molecule has 0 amide bonds. The van der Waals surface area contributed by atoms with E-state index in [4.69, 9.17) is 26.3 Å². The van der Waals surface area contributed by atoms with Gasteiger partial charge in [-0.1, -0.05) is 29.6 Å². The van der Waals surface area contributed by atoms with Crippen molar-refractivity contribution in [3.8, 4) is 5.75 Å². The average molecular weight is 359 g/mol. The number of aromatic nitrogens is 3. The number of hydrogen-bond acceptors (Lipinski definition) is 6. The first-order chi connectivity index (χ1) is 11.8. The van der Waals surface area contributed by atoms with Crippen molar-refractivity contribution < 1.29 is 14.0 Å². The Morgan fingerprint density at radius 2 is 1.80 bits per heavy atom. The molecule has 2 heterocycles. The maximum atomic E-state index is 6.05. The van der Waals surface area contributed by atoms with E-state index in [1.54, 1.807) is 10.9 Å². The van der Waals surface area contributed by atoms with Gasteiger partial charge in [-0.3, -0.25) is 0 Å². The highest BCUT2D eigenvalue weighted by molar-refractivity contribution is 7.79. The van der Waals surface area contributed by atoms with Gasteiger partial charge in [-0.2, -0.15) is 0 Å². The van der Waals surface area contributed by atoms with Gasteiger partial charge in [0.1, 0.15) is 18.1 Å². The van der Waals surface area contributed by atoms with Crippen LogP contribution in [-0.4, -0.2) is 45.3 Å². The molecule has 25 heavy (non-hydrogen) atoms. The van der Waals surface area contributed by atoms with Crippen molar-refractivity contribution in [2.45, 2.75) is 45.4 Å². The lowest BCUT2D eigenvalue weighted by atomic mass is 9.79. The van der Waals surface area contributed by atoms with E-state index in [0.29, 0.717) is 18.8 Å². The molecule has 0 unspecified atom stereocenters. The van der Waals surface area contributed by atoms with Gasteiger partial charge in [-0.25, -0.2) is 4.68 Å². The van der Waals surface area contributed by atoms with E-state index in [1.807, 2.05) is 52.0 Å². The van der Waals surface area contributed by atoms with Crippen LogP contribution in [-0.2, 0) is 15.9 Å². The molecule has 1 aromatic carbocycles. The van der Waals surface area contributed by atoms with E-state index in [-0.39, 0.29) is 18.3 Å². The molecule has 6 nitrogen and oxygen atoms in total. The molecule has 1 aliphatic heterocycles. The summed E-state index contributed by atoms with van der Waals surface area (Å²) in [6.45, 7) is 9.28. The van der Waals surface area contributed by atoms with Crippen molar-refractivity contribution in [1.29, 1.82) is 0 Å². The Labute approximate surface area is 153 Å². The minimum Gasteiger partial charge on any atom is -0.492 e. The summed E-state index contributed by atoms with van der Waals surface area (Å²) in [7, 11) is -0.359. The normalized spacial score (nSPS) is 18.3. The second-order valence-corrected chi connectivity index (χ2v) is 7.27. The Morgan fingerprint density at radius 1 is 1.16 bits per heavy atom. The number of benzene rings is 1. The Balaban J connectivity index is 1.55. The highest BCUT2D eigenvalue weighted by Crippen LogP contribution is 2.36. The summed E-state index contributed by atoms with van der Waals surface area (Å²) in [6.07, 6.45) is 1.79. The Bertz CT molecular complexity index is 730. The van der Waals surface area contributed by atoms with E-state index >= 15 is 0 Å². The fraction of sp³-hybridized carbons (Fsp3) is 0.471. The summed E-state index contributed by atoms with van der Waals surface area (Å²) in [5, 5.41) is 9.38. The SMILES string of the molecule is CC1(C)OB(c2ccc(OCCn3cc(C=S)nn3)cc2)OC1(C)C. The van der Waals surface area contributed by atoms with Crippen LogP contribution in [0.3, 0.4) is 0 Å². The Kier molecular flexibility index (Phi) is 4.95. The quantitative estimate of drug-likeness (QED) is 0.581. The van der Waals surface area contributed by atoms with Crippen molar-refractivity contribution >= 4 is 30.2 Å². The van der Waals surface area contributed by atoms with Crippen LogP contribution >= 0.6 is 12.2 Å². The van der Waals surface area contributed by atoms with Crippen LogP contribution in [0.4, 0.5) is 0 Å². The smallest absolute Gasteiger partial charge is 0.492 e. The van der Waals surface area contributed by atoms with Crippen molar-refractivity contribution in [3.05, 3.63) is 36.2 Å². The number of nitrogens with zero attached hydrogens (tertiary/aromatic N) is 3. The fourth-order valence-corrected chi connectivity index (χ4v) is 2.54. The standard InChI is InChI=1S/C17H22BN3O3S/c1-16(2)17(3,4)24-18(23-16)13-5-7-15(8-6-13)22-10-9-21-11-14(12-25)19-20-21/h5-8,11-12H,9-10H2,1-4H3. The summed E-state index contributed by atoms with van der Waals surface area (Å²) in [5.41, 5.74) is 0.979. The van der Waals surface area contributed by atoms with Gasteiger partial charge in [0.15, 0.2) is 0 Å². The lowest BCUT2D eigenvalue weighted by Crippen LogP contribution is -2.41. The van der Waals surface area contributed by atoms with Gasteiger partial charge in [-0.15, -0.1) is 5.10 Å². The third-order valence-corrected chi connectivity index (χ3v) is 4.91. The molecule has 0 aliphatic carbocycles. The molecule has 1 saturated heterocycles. The van der Waals surface area contributed by atoms with E-state index in [1.165, 1.54) is 5.37 Å². The molecule has 2 aromatic rings. The molecule has 132 valence electrons. The van der Waals surface area contributed by atoms with Crippen molar-refractivity contribution in [2.75, 3.05) is 6.61 Å². The summed E-state index contributed by atoms with van der Waals surface area (Å²) in [6, 6.07) is 7.78. The first-order valence-electron chi connectivity index (χ1n) is 8.24. The molecule has 0 saturated carbocycles. The molecule has 0 atom stereocenters. The predicted molar refractivity (Wildman–Crippen MR) is 100 cm³/mol. The van der Waals surface area contributed by atoms with E-state index < -0.39 is 0 Å². The van der Waals surface area contributed by atoms with Gasteiger partial charge in [0, 0.05) is 5.37 Å². The van der Waals surface area contributed by atoms with Gasteiger partial charge >= 0.3 is 7.12 Å². The third-order valence-electron chi connectivity index (χ3n) is 4.67. The summed E-state index contributed by atoms with van der Waals surface area (Å²) < 4.78 is 19.5. The zero-order valence-corrected chi connectivity index (χ0v) is 15.7. The topological polar surface area (TPSA) is 58.4 Å². The highest BCUT2D eigenvalue weighted by Gasteiger charge is 2.51. The number of thiocarbonyl (C=S) groups is 1. The van der Waals surface area contributed by atoms with E-state index in [2.05, 4.69) is 10.3 Å². The van der Waals surface area contributed by atoms with Crippen LogP contribution in [0.15, 0.2) is 30.5 Å². The molecule has 1 aliphatic rings. The van der Waals surface area contributed by atoms with Crippen molar-refractivity contribution in [2.24, 2.45) is 0 Å².